The van der Waals surface area contributed by atoms with Crippen LogP contribution in [0, 0.1) is 5.82 Å². The number of hydrogen-bond donors (Lipinski definition) is 1. The number of benzene rings is 2. The zero-order valence-electron chi connectivity index (χ0n) is 17.5. The average molecular weight is 490 g/mol. The second kappa shape index (κ2) is 9.38. The van der Waals surface area contributed by atoms with Gasteiger partial charge in [-0.15, -0.1) is 11.3 Å². The van der Waals surface area contributed by atoms with E-state index in [0.29, 0.717) is 16.4 Å². The second-order valence-electron chi connectivity index (χ2n) is 7.50. The van der Waals surface area contributed by atoms with Crippen LogP contribution in [0.4, 0.5) is 9.52 Å². The molecule has 0 saturated carbocycles. The maximum atomic E-state index is 13.1. The van der Waals surface area contributed by atoms with E-state index in [0.717, 1.165) is 21.7 Å². The van der Waals surface area contributed by atoms with Crippen molar-refractivity contribution in [1.82, 2.24) is 9.29 Å². The number of anilines is 1. The Morgan fingerprint density at radius 1 is 1.18 bits per heavy atom. The Kier molecular flexibility index (Phi) is 6.54. The predicted molar refractivity (Wildman–Crippen MR) is 121 cm³/mol. The molecule has 172 valence electrons. The van der Waals surface area contributed by atoms with E-state index < -0.39 is 34.5 Å². The maximum Gasteiger partial charge on any atom is 0.325 e. The number of nitrogens with one attached hydrogen (secondary N) is 1. The molecule has 33 heavy (non-hydrogen) atoms. The highest BCUT2D eigenvalue weighted by Crippen LogP contribution is 2.27. The van der Waals surface area contributed by atoms with Crippen LogP contribution in [-0.4, -0.2) is 48.5 Å². The van der Waals surface area contributed by atoms with E-state index in [2.05, 4.69) is 10.3 Å². The van der Waals surface area contributed by atoms with Crippen LogP contribution in [0.1, 0.15) is 11.1 Å². The van der Waals surface area contributed by atoms with Gasteiger partial charge in [0.25, 0.3) is 5.91 Å². The number of esters is 1. The third-order valence-electron chi connectivity index (χ3n) is 5.14. The fourth-order valence-electron chi connectivity index (χ4n) is 3.52. The number of carbonyl (C=O) groups excluding carboxylic acids is 2. The monoisotopic (exact) mass is 489 g/mol. The van der Waals surface area contributed by atoms with Gasteiger partial charge < -0.3 is 4.74 Å². The molecule has 0 saturated heterocycles. The Morgan fingerprint density at radius 2 is 1.88 bits per heavy atom. The standard InChI is InChI=1S/C22H20FN3O5S2/c1-33(29,30)26-11-16-5-3-2-4-15(16)10-19(26)21(28)31-12-20(27)25-22-24-18(13-32-22)14-6-8-17(23)9-7-14/h2-9,13,19H,10-12H2,1H3,(H,24,25,27)/t19-/m1/s1. The Morgan fingerprint density at radius 3 is 2.58 bits per heavy atom. The normalized spacial score (nSPS) is 16.1. The lowest BCUT2D eigenvalue weighted by molar-refractivity contribution is -0.151. The first-order chi connectivity index (χ1) is 15.7. The van der Waals surface area contributed by atoms with E-state index in [1.165, 1.54) is 23.5 Å². The molecular formula is C22H20FN3O5S2. The van der Waals surface area contributed by atoms with Crippen molar-refractivity contribution in [3.8, 4) is 11.3 Å². The molecule has 2 aromatic carbocycles. The van der Waals surface area contributed by atoms with Crippen molar-refractivity contribution in [1.29, 1.82) is 0 Å². The summed E-state index contributed by atoms with van der Waals surface area (Å²) in [5.41, 5.74) is 2.94. The van der Waals surface area contributed by atoms with E-state index in [9.17, 15) is 22.4 Å². The number of hydrogen-bond acceptors (Lipinski definition) is 7. The van der Waals surface area contributed by atoms with Crippen molar-refractivity contribution >= 4 is 38.4 Å². The van der Waals surface area contributed by atoms with E-state index in [4.69, 9.17) is 4.74 Å². The molecule has 0 spiro atoms. The number of rotatable bonds is 6. The molecule has 1 atom stereocenters. The van der Waals surface area contributed by atoms with Crippen molar-refractivity contribution in [2.75, 3.05) is 18.2 Å². The highest BCUT2D eigenvalue weighted by molar-refractivity contribution is 7.88. The predicted octanol–water partition coefficient (Wildman–Crippen LogP) is 2.82. The number of sulfonamides is 1. The van der Waals surface area contributed by atoms with Gasteiger partial charge in [0.05, 0.1) is 11.9 Å². The summed E-state index contributed by atoms with van der Waals surface area (Å²) in [6, 6.07) is 12.0. The first-order valence-electron chi connectivity index (χ1n) is 9.92. The van der Waals surface area contributed by atoms with Crippen molar-refractivity contribution in [2.45, 2.75) is 19.0 Å². The maximum absolute atomic E-state index is 13.1. The van der Waals surface area contributed by atoms with Gasteiger partial charge in [0.2, 0.25) is 10.0 Å². The number of carbonyl (C=O) groups is 2. The Labute approximate surface area is 194 Å². The topological polar surface area (TPSA) is 106 Å². The van der Waals surface area contributed by atoms with Gasteiger partial charge in [-0.3, -0.25) is 14.9 Å². The number of halogens is 1. The van der Waals surface area contributed by atoms with Gasteiger partial charge in [-0.05, 0) is 35.4 Å². The lowest BCUT2D eigenvalue weighted by Gasteiger charge is -2.33. The van der Waals surface area contributed by atoms with Crippen LogP contribution in [0.25, 0.3) is 11.3 Å². The van der Waals surface area contributed by atoms with Crippen LogP contribution in [-0.2, 0) is 37.3 Å². The van der Waals surface area contributed by atoms with Gasteiger partial charge in [-0.25, -0.2) is 17.8 Å². The third-order valence-corrected chi connectivity index (χ3v) is 7.13. The molecule has 4 rings (SSSR count). The minimum absolute atomic E-state index is 0.0618. The summed E-state index contributed by atoms with van der Waals surface area (Å²) < 4.78 is 43.8. The molecule has 1 aliphatic heterocycles. The lowest BCUT2D eigenvalue weighted by Crippen LogP contribution is -2.49. The molecular weight excluding hydrogens is 469 g/mol. The van der Waals surface area contributed by atoms with Crippen molar-refractivity contribution in [3.63, 3.8) is 0 Å². The fraction of sp³-hybridized carbons (Fsp3) is 0.227. The SMILES string of the molecule is CS(=O)(=O)N1Cc2ccccc2C[C@@H]1C(=O)OCC(=O)Nc1nc(-c2ccc(F)cc2)cs1. The number of ether oxygens (including phenoxy) is 1. The molecule has 2 heterocycles. The molecule has 3 aromatic rings. The van der Waals surface area contributed by atoms with E-state index in [1.807, 2.05) is 24.3 Å². The molecule has 0 unspecified atom stereocenters. The molecule has 0 aliphatic carbocycles. The molecule has 0 fully saturated rings. The number of fused-ring (bicyclic) bond motifs is 1. The molecule has 0 bridgehead atoms. The minimum atomic E-state index is -3.68. The summed E-state index contributed by atoms with van der Waals surface area (Å²) in [6.07, 6.45) is 1.20. The molecule has 1 aromatic heterocycles. The van der Waals surface area contributed by atoms with Crippen LogP contribution >= 0.6 is 11.3 Å². The Hall–Kier alpha value is -3.15. The van der Waals surface area contributed by atoms with E-state index in [-0.39, 0.29) is 18.8 Å². The van der Waals surface area contributed by atoms with E-state index in [1.54, 1.807) is 17.5 Å². The minimum Gasteiger partial charge on any atom is -0.454 e. The second-order valence-corrected chi connectivity index (χ2v) is 10.3. The van der Waals surface area contributed by atoms with Crippen LogP contribution in [0.3, 0.4) is 0 Å². The van der Waals surface area contributed by atoms with Crippen LogP contribution in [0.2, 0.25) is 0 Å². The summed E-state index contributed by atoms with van der Waals surface area (Å²) in [5, 5.41) is 4.54. The van der Waals surface area contributed by atoms with Crippen molar-refractivity contribution < 1.29 is 27.1 Å². The lowest BCUT2D eigenvalue weighted by atomic mass is 9.96. The zero-order valence-corrected chi connectivity index (χ0v) is 19.2. The fourth-order valence-corrected chi connectivity index (χ4v) is 5.25. The Bertz CT molecular complexity index is 1290. The Balaban J connectivity index is 1.38. The molecule has 1 amide bonds. The van der Waals surface area contributed by atoms with Crippen LogP contribution < -0.4 is 5.32 Å². The molecule has 0 radical (unpaired) electrons. The highest BCUT2D eigenvalue weighted by atomic mass is 32.2. The zero-order chi connectivity index (χ0) is 23.6. The number of amides is 1. The van der Waals surface area contributed by atoms with Crippen LogP contribution in [0.5, 0.6) is 0 Å². The van der Waals surface area contributed by atoms with Gasteiger partial charge in [-0.1, -0.05) is 24.3 Å². The first kappa shape index (κ1) is 23.0. The van der Waals surface area contributed by atoms with Gasteiger partial charge in [0.15, 0.2) is 11.7 Å². The third kappa shape index (κ3) is 5.44. The van der Waals surface area contributed by atoms with Crippen LogP contribution in [0.15, 0.2) is 53.9 Å². The first-order valence-corrected chi connectivity index (χ1v) is 12.6. The van der Waals surface area contributed by atoms with Crippen molar-refractivity contribution in [2.24, 2.45) is 0 Å². The summed E-state index contributed by atoms with van der Waals surface area (Å²) >= 11 is 1.17. The number of thiazole rings is 1. The summed E-state index contributed by atoms with van der Waals surface area (Å²) in [5.74, 6) is -1.76. The van der Waals surface area contributed by atoms with Gasteiger partial charge in [0, 0.05) is 23.9 Å². The quantitative estimate of drug-likeness (QED) is 0.534. The van der Waals surface area contributed by atoms with Gasteiger partial charge in [-0.2, -0.15) is 4.31 Å². The largest absolute Gasteiger partial charge is 0.454 e. The summed E-state index contributed by atoms with van der Waals surface area (Å²) in [7, 11) is -3.68. The van der Waals surface area contributed by atoms with Crippen molar-refractivity contribution in [3.05, 3.63) is 70.9 Å². The summed E-state index contributed by atoms with van der Waals surface area (Å²) in [6.45, 7) is -0.522. The highest BCUT2D eigenvalue weighted by Gasteiger charge is 2.38. The molecule has 1 N–H and O–H groups in total. The van der Waals surface area contributed by atoms with Gasteiger partial charge in [0.1, 0.15) is 11.9 Å². The molecule has 1 aliphatic rings. The summed E-state index contributed by atoms with van der Waals surface area (Å²) in [4.78, 5) is 29.2. The number of nitrogens with zero attached hydrogens (tertiary/aromatic N) is 2. The smallest absolute Gasteiger partial charge is 0.325 e. The molecule has 8 nitrogen and oxygen atoms in total. The number of aromatic nitrogens is 1. The average Bonchev–Trinajstić information content (AvgIpc) is 3.24. The van der Waals surface area contributed by atoms with E-state index >= 15 is 0 Å². The molecule has 11 heteroatoms. The van der Waals surface area contributed by atoms with Gasteiger partial charge >= 0.3 is 5.97 Å².